The number of allylic oxidation sites excluding steroid dienone is 2. The largest absolute Gasteiger partial charge is 0.351 e. The van der Waals surface area contributed by atoms with Crippen LogP contribution in [-0.4, -0.2) is 33.7 Å². The summed E-state index contributed by atoms with van der Waals surface area (Å²) in [5, 5.41) is 10.8. The lowest BCUT2D eigenvalue weighted by Gasteiger charge is -2.38. The van der Waals surface area contributed by atoms with Crippen molar-refractivity contribution in [3.63, 3.8) is 0 Å². The number of rotatable bonds is 5. The number of hydrogen-bond donors (Lipinski definition) is 2. The molecule has 1 aromatic heterocycles. The average molecular weight is 358 g/mol. The van der Waals surface area contributed by atoms with Crippen LogP contribution in [0.1, 0.15) is 55.5 Å². The molecule has 2 N–H and O–H groups in total. The number of amides is 2. The van der Waals surface area contributed by atoms with Gasteiger partial charge < -0.3 is 10.6 Å². The molecule has 1 aliphatic carbocycles. The van der Waals surface area contributed by atoms with Gasteiger partial charge in [0.1, 0.15) is 0 Å². The van der Waals surface area contributed by atoms with Gasteiger partial charge in [0.05, 0.1) is 11.7 Å². The first-order chi connectivity index (χ1) is 12.5. The fourth-order valence-electron chi connectivity index (χ4n) is 4.27. The Labute approximate surface area is 155 Å². The third-order valence-corrected chi connectivity index (χ3v) is 5.87. The molecule has 1 saturated heterocycles. The second-order valence-electron chi connectivity index (χ2n) is 7.62. The van der Waals surface area contributed by atoms with Crippen LogP contribution in [0, 0.1) is 19.8 Å². The predicted octanol–water partition coefficient (Wildman–Crippen LogP) is 2.09. The Morgan fingerprint density at radius 3 is 2.81 bits per heavy atom. The number of hydrogen-bond acceptors (Lipinski definition) is 3. The standard InChI is InChI=1S/C20H30N4O2/c1-13-16(14(2)24(3)23-13)9-11-18(25)21-17-10-12-19(26)22-20(17)15-7-5-4-6-8-15/h4-5,15,17,20H,6-12H2,1-3H3,(H,21,25)(H,22,26)/t15-,17+,20-/m0/s1. The number of carbonyl (C=O) groups is 2. The van der Waals surface area contributed by atoms with E-state index in [0.29, 0.717) is 25.2 Å². The van der Waals surface area contributed by atoms with Crippen molar-refractivity contribution in [2.75, 3.05) is 0 Å². The second-order valence-corrected chi connectivity index (χ2v) is 7.62. The highest BCUT2D eigenvalue weighted by Crippen LogP contribution is 2.27. The molecule has 0 spiro atoms. The van der Waals surface area contributed by atoms with E-state index in [9.17, 15) is 9.59 Å². The quantitative estimate of drug-likeness (QED) is 0.792. The van der Waals surface area contributed by atoms with Crippen molar-refractivity contribution in [3.05, 3.63) is 29.1 Å². The minimum Gasteiger partial charge on any atom is -0.351 e. The van der Waals surface area contributed by atoms with Crippen LogP contribution in [0.5, 0.6) is 0 Å². The third kappa shape index (κ3) is 4.17. The topological polar surface area (TPSA) is 76.0 Å². The van der Waals surface area contributed by atoms with E-state index in [0.717, 1.165) is 42.6 Å². The number of piperidine rings is 1. The van der Waals surface area contributed by atoms with Crippen molar-refractivity contribution < 1.29 is 9.59 Å². The third-order valence-electron chi connectivity index (χ3n) is 5.87. The Bertz CT molecular complexity index is 707. The van der Waals surface area contributed by atoms with Gasteiger partial charge in [-0.1, -0.05) is 12.2 Å². The Morgan fingerprint density at radius 2 is 2.15 bits per heavy atom. The lowest BCUT2D eigenvalue weighted by molar-refractivity contribution is -0.127. The summed E-state index contributed by atoms with van der Waals surface area (Å²) in [7, 11) is 1.93. The molecule has 2 amide bonds. The van der Waals surface area contributed by atoms with Crippen molar-refractivity contribution in [1.29, 1.82) is 0 Å². The lowest BCUT2D eigenvalue weighted by Crippen LogP contribution is -2.58. The molecule has 1 aliphatic heterocycles. The molecule has 2 aliphatic rings. The summed E-state index contributed by atoms with van der Waals surface area (Å²) in [6.45, 7) is 4.03. The first kappa shape index (κ1) is 18.7. The van der Waals surface area contributed by atoms with Crippen molar-refractivity contribution in [1.82, 2.24) is 20.4 Å². The zero-order valence-electron chi connectivity index (χ0n) is 16.0. The van der Waals surface area contributed by atoms with Gasteiger partial charge in [-0.15, -0.1) is 0 Å². The van der Waals surface area contributed by atoms with Gasteiger partial charge in [0.15, 0.2) is 0 Å². The van der Waals surface area contributed by atoms with E-state index in [1.54, 1.807) is 0 Å². The smallest absolute Gasteiger partial charge is 0.220 e. The van der Waals surface area contributed by atoms with E-state index in [4.69, 9.17) is 0 Å². The normalized spacial score (nSPS) is 25.8. The van der Waals surface area contributed by atoms with Crippen molar-refractivity contribution in [2.24, 2.45) is 13.0 Å². The fourth-order valence-corrected chi connectivity index (χ4v) is 4.27. The molecular weight excluding hydrogens is 328 g/mol. The van der Waals surface area contributed by atoms with Crippen LogP contribution < -0.4 is 10.6 Å². The first-order valence-electron chi connectivity index (χ1n) is 9.68. The van der Waals surface area contributed by atoms with Crippen molar-refractivity contribution in [2.45, 2.75) is 70.9 Å². The lowest BCUT2D eigenvalue weighted by atomic mass is 9.81. The van der Waals surface area contributed by atoms with Gasteiger partial charge >= 0.3 is 0 Å². The number of carbonyl (C=O) groups excluding carboxylic acids is 2. The van der Waals surface area contributed by atoms with E-state index >= 15 is 0 Å². The van der Waals surface area contributed by atoms with Crippen molar-refractivity contribution >= 4 is 11.8 Å². The number of aryl methyl sites for hydroxylation is 2. The molecule has 3 rings (SSSR count). The predicted molar refractivity (Wildman–Crippen MR) is 101 cm³/mol. The van der Waals surface area contributed by atoms with Gasteiger partial charge in [0.2, 0.25) is 11.8 Å². The molecule has 0 radical (unpaired) electrons. The zero-order valence-corrected chi connectivity index (χ0v) is 16.0. The van der Waals surface area contributed by atoms with Crippen LogP contribution in [0.3, 0.4) is 0 Å². The zero-order chi connectivity index (χ0) is 18.7. The van der Waals surface area contributed by atoms with E-state index in [1.165, 1.54) is 0 Å². The Hall–Kier alpha value is -2.11. The maximum absolute atomic E-state index is 12.6. The van der Waals surface area contributed by atoms with Gasteiger partial charge in [0.25, 0.3) is 0 Å². The summed E-state index contributed by atoms with van der Waals surface area (Å²) < 4.78 is 1.87. The molecule has 142 valence electrons. The summed E-state index contributed by atoms with van der Waals surface area (Å²) >= 11 is 0. The molecule has 0 saturated carbocycles. The molecule has 6 nitrogen and oxygen atoms in total. The highest BCUT2D eigenvalue weighted by Gasteiger charge is 2.35. The van der Waals surface area contributed by atoms with Crippen LogP contribution >= 0.6 is 0 Å². The van der Waals surface area contributed by atoms with Crippen LogP contribution in [-0.2, 0) is 23.1 Å². The first-order valence-corrected chi connectivity index (χ1v) is 9.68. The summed E-state index contributed by atoms with van der Waals surface area (Å²) in [4.78, 5) is 24.4. The van der Waals surface area contributed by atoms with Gasteiger partial charge in [0, 0.05) is 31.6 Å². The van der Waals surface area contributed by atoms with Crippen LogP contribution in [0.4, 0.5) is 0 Å². The molecule has 1 fully saturated rings. The summed E-state index contributed by atoms with van der Waals surface area (Å²) in [6.07, 6.45) is 9.88. The monoisotopic (exact) mass is 358 g/mol. The van der Waals surface area contributed by atoms with Gasteiger partial charge in [-0.05, 0) is 57.4 Å². The molecule has 2 heterocycles. The summed E-state index contributed by atoms with van der Waals surface area (Å²) in [5.41, 5.74) is 3.27. The maximum Gasteiger partial charge on any atom is 0.220 e. The minimum absolute atomic E-state index is 0.0350. The van der Waals surface area contributed by atoms with Gasteiger partial charge in [-0.3, -0.25) is 14.3 Å². The Kier molecular flexibility index (Phi) is 5.79. The Morgan fingerprint density at radius 1 is 1.35 bits per heavy atom. The van der Waals surface area contributed by atoms with Gasteiger partial charge in [-0.2, -0.15) is 5.10 Å². The number of aromatic nitrogens is 2. The molecule has 6 heteroatoms. The highest BCUT2D eigenvalue weighted by atomic mass is 16.2. The van der Waals surface area contributed by atoms with Crippen LogP contribution in [0.2, 0.25) is 0 Å². The second kappa shape index (κ2) is 8.06. The summed E-state index contributed by atoms with van der Waals surface area (Å²) in [5.74, 6) is 0.583. The fraction of sp³-hybridized carbons (Fsp3) is 0.650. The molecule has 0 aromatic carbocycles. The Balaban J connectivity index is 1.59. The maximum atomic E-state index is 12.6. The molecule has 1 aromatic rings. The van der Waals surface area contributed by atoms with E-state index in [2.05, 4.69) is 27.9 Å². The van der Waals surface area contributed by atoms with E-state index < -0.39 is 0 Å². The van der Waals surface area contributed by atoms with Crippen LogP contribution in [0.15, 0.2) is 12.2 Å². The molecule has 0 unspecified atom stereocenters. The molecule has 26 heavy (non-hydrogen) atoms. The van der Waals surface area contributed by atoms with Crippen molar-refractivity contribution in [3.8, 4) is 0 Å². The summed E-state index contributed by atoms with van der Waals surface area (Å²) in [6, 6.07) is 0.0832. The van der Waals surface area contributed by atoms with Gasteiger partial charge in [-0.25, -0.2) is 0 Å². The van der Waals surface area contributed by atoms with Crippen LogP contribution in [0.25, 0.3) is 0 Å². The number of nitrogens with zero attached hydrogens (tertiary/aromatic N) is 2. The van der Waals surface area contributed by atoms with E-state index in [1.807, 2.05) is 25.6 Å². The molecule has 3 atom stereocenters. The van der Waals surface area contributed by atoms with E-state index in [-0.39, 0.29) is 23.9 Å². The SMILES string of the molecule is Cc1nn(C)c(C)c1CCC(=O)N[C@@H]1CCC(=O)N[C@H]1[C@H]1CC=CCC1. The number of nitrogens with one attached hydrogen (secondary N) is 2. The average Bonchev–Trinajstić information content (AvgIpc) is 2.87. The minimum atomic E-state index is 0.0350. The molecular formula is C20H30N4O2. The highest BCUT2D eigenvalue weighted by molar-refractivity contribution is 5.79. The molecule has 0 bridgehead atoms.